The van der Waals surface area contributed by atoms with E-state index >= 15 is 0 Å². The van der Waals surface area contributed by atoms with Gasteiger partial charge in [0.05, 0.1) is 26.7 Å². The van der Waals surface area contributed by atoms with Gasteiger partial charge in [-0.05, 0) is 0 Å². The topological polar surface area (TPSA) is 255 Å². The summed E-state index contributed by atoms with van der Waals surface area (Å²) in [5, 5.41) is 9.84. The second kappa shape index (κ2) is 14.9. The number of ether oxygens (including phenoxy) is 1. The largest absolute Gasteiger partial charge is 1.00 e. The molecule has 24 heteroatoms. The molecule has 33 heavy (non-hydrogen) atoms. The third kappa shape index (κ3) is 12.4. The van der Waals surface area contributed by atoms with E-state index < -0.39 is 65.6 Å². The number of nitrogens with one attached hydrogen (secondary N) is 1. The first kappa shape index (κ1) is 38.9. The standard InChI is InChI=1S/C9H14FN2O14P3.4Li/c10-4-2-12(9(15)11-8(4)14)7-1-5(13)6(24-7)3-23-28(19,20)26-29(21,22)25-27(16,17)18;;;;/h2,5-7,13H,1,3H2,(H,19,20)(H,21,22)(H,11,14,15)(H2,16,17,18);;;;/q;4*+1/p-4. The first-order valence-electron chi connectivity index (χ1n) is 7.14. The van der Waals surface area contributed by atoms with Gasteiger partial charge in [0, 0.05) is 6.42 Å². The molecule has 5 unspecified atom stereocenters. The van der Waals surface area contributed by atoms with Gasteiger partial charge in [0.2, 0.25) is 5.82 Å². The molecule has 0 amide bonds. The van der Waals surface area contributed by atoms with E-state index in [4.69, 9.17) is 4.74 Å². The van der Waals surface area contributed by atoms with E-state index in [2.05, 4.69) is 13.1 Å². The zero-order valence-electron chi connectivity index (χ0n) is 17.6. The van der Waals surface area contributed by atoms with Gasteiger partial charge in [0.25, 0.3) is 21.2 Å². The van der Waals surface area contributed by atoms with E-state index in [0.717, 1.165) is 0 Å². The van der Waals surface area contributed by atoms with Crippen LogP contribution >= 0.6 is 23.5 Å². The zero-order chi connectivity index (χ0) is 22.2. The van der Waals surface area contributed by atoms with Crippen molar-refractivity contribution in [1.82, 2.24) is 9.55 Å². The molecule has 1 aromatic rings. The number of aliphatic hydroxyl groups excluding tert-OH is 1. The minimum atomic E-state index is -6.15. The molecule has 16 nitrogen and oxygen atoms in total. The summed E-state index contributed by atoms with van der Waals surface area (Å²) in [6.45, 7) is -1.09. The van der Waals surface area contributed by atoms with Gasteiger partial charge in [-0.15, -0.1) is 0 Å². The Morgan fingerprint density at radius 3 is 2.15 bits per heavy atom. The number of aromatic amines is 1. The first-order chi connectivity index (χ1) is 13.1. The summed E-state index contributed by atoms with van der Waals surface area (Å²) in [6, 6.07) is 0. The van der Waals surface area contributed by atoms with Crippen molar-refractivity contribution in [2.24, 2.45) is 0 Å². The second-order valence-electron chi connectivity index (χ2n) is 5.38. The average molecular weight is 510 g/mol. The van der Waals surface area contributed by atoms with Crippen molar-refractivity contribution >= 4 is 23.5 Å². The van der Waals surface area contributed by atoms with Crippen LogP contribution in [0.2, 0.25) is 0 Å². The molecule has 1 fully saturated rings. The Bertz CT molecular complexity index is 1030. The van der Waals surface area contributed by atoms with Gasteiger partial charge in [-0.3, -0.25) is 27.8 Å². The van der Waals surface area contributed by atoms with Crippen LogP contribution in [0.3, 0.4) is 0 Å². The van der Waals surface area contributed by atoms with E-state index in [1.165, 1.54) is 0 Å². The van der Waals surface area contributed by atoms with Crippen LogP contribution in [0.1, 0.15) is 12.6 Å². The second-order valence-corrected chi connectivity index (χ2v) is 9.62. The van der Waals surface area contributed by atoms with E-state index in [1.807, 2.05) is 0 Å². The minimum Gasteiger partial charge on any atom is -0.790 e. The smallest absolute Gasteiger partial charge is 0.790 e. The maximum atomic E-state index is 13.3. The maximum absolute atomic E-state index is 13.3. The van der Waals surface area contributed by atoms with Crippen molar-refractivity contribution < 1.29 is 136 Å². The van der Waals surface area contributed by atoms with Crippen molar-refractivity contribution in [2.75, 3.05) is 6.61 Å². The van der Waals surface area contributed by atoms with Gasteiger partial charge in [-0.2, -0.15) is 4.39 Å². The summed E-state index contributed by atoms with van der Waals surface area (Å²) in [7, 11) is -18.1. The molecular formula is C9H10FLi4N2O14P3. The summed E-state index contributed by atoms with van der Waals surface area (Å²) in [4.78, 5) is 67.2. The molecule has 166 valence electrons. The van der Waals surface area contributed by atoms with E-state index in [-0.39, 0.29) is 81.9 Å². The normalized spacial score (nSPS) is 23.5. The number of aliphatic hydroxyl groups is 1. The number of nitrogens with zero attached hydrogens (tertiary/aromatic N) is 1. The van der Waals surface area contributed by atoms with Crippen LogP contribution in [-0.2, 0) is 31.6 Å². The molecule has 5 atom stereocenters. The fourth-order valence-electron chi connectivity index (χ4n) is 2.16. The van der Waals surface area contributed by atoms with Crippen LogP contribution in [0.25, 0.3) is 0 Å². The van der Waals surface area contributed by atoms with Crippen LogP contribution in [0.15, 0.2) is 15.8 Å². The van der Waals surface area contributed by atoms with Gasteiger partial charge in [-0.25, -0.2) is 9.11 Å². The van der Waals surface area contributed by atoms with Crippen molar-refractivity contribution in [3.05, 3.63) is 32.9 Å². The van der Waals surface area contributed by atoms with Gasteiger partial charge < -0.3 is 38.5 Å². The van der Waals surface area contributed by atoms with Crippen molar-refractivity contribution in [3.63, 3.8) is 0 Å². The van der Waals surface area contributed by atoms with Gasteiger partial charge in [0.1, 0.15) is 12.3 Å². The van der Waals surface area contributed by atoms with Crippen LogP contribution in [0.4, 0.5) is 4.39 Å². The summed E-state index contributed by atoms with van der Waals surface area (Å²) < 4.78 is 62.1. The monoisotopic (exact) mass is 510 g/mol. The number of hydrogen-bond donors (Lipinski definition) is 2. The maximum Gasteiger partial charge on any atom is 1.00 e. The van der Waals surface area contributed by atoms with Gasteiger partial charge in [-0.1, -0.05) is 0 Å². The summed E-state index contributed by atoms with van der Waals surface area (Å²) >= 11 is 0. The first-order valence-corrected chi connectivity index (χ1v) is 11.5. The number of aromatic nitrogens is 2. The molecule has 2 heterocycles. The average Bonchev–Trinajstić information content (AvgIpc) is 2.86. The number of hydrogen-bond acceptors (Lipinski definition) is 14. The van der Waals surface area contributed by atoms with Crippen LogP contribution in [0, 0.1) is 5.82 Å². The molecule has 1 aromatic heterocycles. The fraction of sp³-hybridized carbons (Fsp3) is 0.556. The molecule has 0 spiro atoms. The summed E-state index contributed by atoms with van der Waals surface area (Å²) in [5.74, 6) is -1.35. The van der Waals surface area contributed by atoms with Gasteiger partial charge >= 0.3 is 81.1 Å². The quantitative estimate of drug-likeness (QED) is 0.243. The van der Waals surface area contributed by atoms with Crippen LogP contribution in [-0.4, -0.2) is 33.5 Å². The Morgan fingerprint density at radius 2 is 1.64 bits per heavy atom. The third-order valence-corrected chi connectivity index (χ3v) is 6.90. The SMILES string of the molecule is O=c1[nH]c(=O)n(C2CC(O)C(COP(=O)([O-])OP(=O)([O-])OP(=O)([O-])[O-])O2)cc1F.[Li+].[Li+].[Li+].[Li+]. The van der Waals surface area contributed by atoms with Crippen LogP contribution in [0.5, 0.6) is 0 Å². The zero-order valence-corrected chi connectivity index (χ0v) is 20.3. The Hall–Kier alpha value is 1.33. The predicted molar refractivity (Wildman–Crippen MR) is 76.8 cm³/mol. The van der Waals surface area contributed by atoms with Gasteiger partial charge in [0.15, 0.2) is 0 Å². The molecule has 1 aliphatic heterocycles. The van der Waals surface area contributed by atoms with Crippen molar-refractivity contribution in [3.8, 4) is 0 Å². The number of phosphoric acid groups is 3. The third-order valence-electron chi connectivity index (χ3n) is 3.24. The molecule has 1 aliphatic rings. The van der Waals surface area contributed by atoms with E-state index in [0.29, 0.717) is 10.8 Å². The minimum absolute atomic E-state index is 0. The molecule has 1 saturated heterocycles. The molecule has 2 rings (SSSR count). The Kier molecular flexibility index (Phi) is 17.6. The van der Waals surface area contributed by atoms with Crippen molar-refractivity contribution in [1.29, 1.82) is 0 Å². The van der Waals surface area contributed by atoms with E-state index in [1.54, 1.807) is 4.98 Å². The van der Waals surface area contributed by atoms with Crippen molar-refractivity contribution in [2.45, 2.75) is 24.9 Å². The summed E-state index contributed by atoms with van der Waals surface area (Å²) in [6.07, 6.45) is -4.27. The molecule has 0 saturated carbocycles. The number of H-pyrrole nitrogens is 1. The van der Waals surface area contributed by atoms with E-state index in [9.17, 15) is 52.4 Å². The predicted octanol–water partition coefficient (Wildman–Crippen LogP) is -15.8. The Balaban J connectivity index is -0.00000225. The summed E-state index contributed by atoms with van der Waals surface area (Å²) in [5.41, 5.74) is -2.41. The molecule has 0 aromatic carbocycles. The molecule has 0 aliphatic carbocycles. The number of halogens is 1. The Labute approximate surface area is 232 Å². The molecule has 2 N–H and O–H groups in total. The molecular weight excluding hydrogens is 500 g/mol. The molecule has 0 bridgehead atoms. The van der Waals surface area contributed by atoms with Crippen LogP contribution < -0.4 is 106 Å². The molecule has 0 radical (unpaired) electrons. The number of phosphoric ester groups is 1. The fourth-order valence-corrected chi connectivity index (χ4v) is 5.02. The number of rotatable bonds is 8. The Morgan fingerprint density at radius 1 is 1.09 bits per heavy atom.